The lowest BCUT2D eigenvalue weighted by Crippen LogP contribution is -2.28. The molecule has 1 rings (SSSR count). The fourth-order valence-electron chi connectivity index (χ4n) is 0.768. The van der Waals surface area contributed by atoms with Crippen molar-refractivity contribution in [1.82, 2.24) is 5.06 Å². The third-order valence-corrected chi connectivity index (χ3v) is 1.26. The number of hydrogen-bond acceptors (Lipinski definition) is 4. The van der Waals surface area contributed by atoms with Gasteiger partial charge in [-0.15, -0.1) is 5.06 Å². The number of carbonyl (C=O) groups is 2. The van der Waals surface area contributed by atoms with Gasteiger partial charge in [0.05, 0.1) is 0 Å². The molecule has 1 heterocycles. The summed E-state index contributed by atoms with van der Waals surface area (Å²) in [6.07, 6.45) is 1.52. The van der Waals surface area contributed by atoms with Gasteiger partial charge in [0.1, 0.15) is 0 Å². The Balaban J connectivity index is 2.54. The molecule has 0 N–H and O–H groups in total. The van der Waals surface area contributed by atoms with Gasteiger partial charge >= 0.3 is 0 Å². The highest BCUT2D eigenvalue weighted by Gasteiger charge is 2.30. The van der Waals surface area contributed by atoms with Crippen LogP contribution in [0, 0.1) is 0 Å². The van der Waals surface area contributed by atoms with Crippen molar-refractivity contribution in [2.75, 3.05) is 7.05 Å². The maximum absolute atomic E-state index is 10.8. The van der Waals surface area contributed by atoms with E-state index in [1.165, 1.54) is 7.05 Å². The first-order valence-corrected chi connectivity index (χ1v) is 3.19. The van der Waals surface area contributed by atoms with E-state index in [0.29, 0.717) is 0 Å². The molecule has 1 fully saturated rings. The van der Waals surface area contributed by atoms with Gasteiger partial charge in [-0.25, -0.2) is 0 Å². The minimum atomic E-state index is -0.310. The minimum absolute atomic E-state index is 0.233. The van der Waals surface area contributed by atoms with Crippen molar-refractivity contribution in [3.8, 4) is 0 Å². The van der Waals surface area contributed by atoms with Gasteiger partial charge in [0.25, 0.3) is 11.8 Å². The van der Waals surface area contributed by atoms with Crippen LogP contribution in [0.3, 0.4) is 0 Å². The maximum Gasteiger partial charge on any atom is 0.263 e. The average molecular weight is 156 g/mol. The molecule has 0 atom stereocenters. The van der Waals surface area contributed by atoms with Gasteiger partial charge in [0.2, 0.25) is 6.40 Å². The van der Waals surface area contributed by atoms with Gasteiger partial charge in [-0.1, -0.05) is 0 Å². The lowest BCUT2D eigenvalue weighted by molar-refractivity contribution is -0.166. The summed E-state index contributed by atoms with van der Waals surface area (Å²) in [5.74, 6) is -0.621. The third kappa shape index (κ3) is 1.54. The van der Waals surface area contributed by atoms with Crippen molar-refractivity contribution >= 4 is 18.2 Å². The third-order valence-electron chi connectivity index (χ3n) is 1.26. The monoisotopic (exact) mass is 156 g/mol. The molecule has 0 aromatic heterocycles. The normalized spacial score (nSPS) is 18.5. The minimum Gasteiger partial charge on any atom is -0.357 e. The smallest absolute Gasteiger partial charge is 0.263 e. The standard InChI is InChI=1S/C6H8N2O3/c1-7-4-11-8-5(9)2-3-6(8)10/h4H,2-3H2,1H3. The number of amides is 2. The molecular weight excluding hydrogens is 148 g/mol. The number of imide groups is 1. The SMILES string of the molecule is CN=CON1C(=O)CCC1=O. The van der Waals surface area contributed by atoms with Gasteiger partial charge in [-0.2, -0.15) is 0 Å². The summed E-state index contributed by atoms with van der Waals surface area (Å²) < 4.78 is 0. The number of hydroxylamine groups is 2. The first kappa shape index (κ1) is 7.71. The number of hydrogen-bond donors (Lipinski definition) is 0. The van der Waals surface area contributed by atoms with Gasteiger partial charge in [0.15, 0.2) is 0 Å². The molecule has 5 heteroatoms. The number of aliphatic imine (C=N–C) groups is 1. The Bertz CT molecular complexity index is 196. The number of rotatable bonds is 2. The van der Waals surface area contributed by atoms with Crippen LogP contribution in [0.2, 0.25) is 0 Å². The summed E-state index contributed by atoms with van der Waals surface area (Å²) in [7, 11) is 1.49. The molecule has 0 aromatic carbocycles. The van der Waals surface area contributed by atoms with Crippen LogP contribution in [0.15, 0.2) is 4.99 Å². The van der Waals surface area contributed by atoms with Crippen molar-refractivity contribution in [2.24, 2.45) is 4.99 Å². The molecule has 0 aromatic rings. The molecule has 0 radical (unpaired) electrons. The molecule has 0 aliphatic carbocycles. The molecule has 60 valence electrons. The van der Waals surface area contributed by atoms with Crippen LogP contribution in [-0.4, -0.2) is 30.3 Å². The summed E-state index contributed by atoms with van der Waals surface area (Å²) in [5.41, 5.74) is 0. The highest BCUT2D eigenvalue weighted by atomic mass is 16.7. The Morgan fingerprint density at radius 2 is 2.00 bits per heavy atom. The van der Waals surface area contributed by atoms with Crippen LogP contribution in [0.25, 0.3) is 0 Å². The Kier molecular flexibility index (Phi) is 2.20. The maximum atomic E-state index is 10.8. The second-order valence-corrected chi connectivity index (χ2v) is 2.05. The van der Waals surface area contributed by atoms with Crippen LogP contribution in [0.4, 0.5) is 0 Å². The molecule has 1 aliphatic rings. The van der Waals surface area contributed by atoms with E-state index < -0.39 is 0 Å². The highest BCUT2D eigenvalue weighted by molar-refractivity contribution is 6.01. The first-order valence-electron chi connectivity index (χ1n) is 3.19. The molecule has 2 amide bonds. The summed E-state index contributed by atoms with van der Waals surface area (Å²) >= 11 is 0. The quantitative estimate of drug-likeness (QED) is 0.314. The summed E-state index contributed by atoms with van der Waals surface area (Å²) in [6, 6.07) is 0. The molecular formula is C6H8N2O3. The fourth-order valence-corrected chi connectivity index (χ4v) is 0.768. The van der Waals surface area contributed by atoms with E-state index >= 15 is 0 Å². The molecule has 0 unspecified atom stereocenters. The fraction of sp³-hybridized carbons (Fsp3) is 0.500. The zero-order valence-corrected chi connectivity index (χ0v) is 6.11. The molecule has 0 saturated carbocycles. The molecule has 1 aliphatic heterocycles. The number of carbonyl (C=O) groups excluding carboxylic acids is 2. The Morgan fingerprint density at radius 3 is 2.45 bits per heavy atom. The van der Waals surface area contributed by atoms with E-state index in [1.54, 1.807) is 0 Å². The van der Waals surface area contributed by atoms with Crippen LogP contribution in [-0.2, 0) is 14.4 Å². The van der Waals surface area contributed by atoms with E-state index in [-0.39, 0.29) is 24.7 Å². The van der Waals surface area contributed by atoms with Crippen molar-refractivity contribution < 1.29 is 14.4 Å². The van der Waals surface area contributed by atoms with Crippen LogP contribution >= 0.6 is 0 Å². The Morgan fingerprint density at radius 1 is 1.45 bits per heavy atom. The van der Waals surface area contributed by atoms with Gasteiger partial charge in [-0.3, -0.25) is 14.6 Å². The zero-order chi connectivity index (χ0) is 8.27. The van der Waals surface area contributed by atoms with Crippen LogP contribution in [0.1, 0.15) is 12.8 Å². The van der Waals surface area contributed by atoms with Crippen LogP contribution in [0.5, 0.6) is 0 Å². The van der Waals surface area contributed by atoms with E-state index in [2.05, 4.69) is 9.83 Å². The van der Waals surface area contributed by atoms with E-state index in [1.807, 2.05) is 0 Å². The topological polar surface area (TPSA) is 59.0 Å². The largest absolute Gasteiger partial charge is 0.357 e. The molecule has 0 bridgehead atoms. The van der Waals surface area contributed by atoms with Crippen molar-refractivity contribution in [2.45, 2.75) is 12.8 Å². The second kappa shape index (κ2) is 3.14. The first-order chi connectivity index (χ1) is 5.25. The Labute approximate surface area is 63.6 Å². The van der Waals surface area contributed by atoms with Gasteiger partial charge in [-0.05, 0) is 0 Å². The lowest BCUT2D eigenvalue weighted by atomic mass is 10.4. The molecule has 11 heavy (non-hydrogen) atoms. The Hall–Kier alpha value is -1.39. The highest BCUT2D eigenvalue weighted by Crippen LogP contribution is 2.10. The van der Waals surface area contributed by atoms with Gasteiger partial charge in [0, 0.05) is 19.9 Å². The van der Waals surface area contributed by atoms with Crippen molar-refractivity contribution in [3.63, 3.8) is 0 Å². The summed E-state index contributed by atoms with van der Waals surface area (Å²) in [4.78, 5) is 29.7. The van der Waals surface area contributed by atoms with Crippen LogP contribution < -0.4 is 0 Å². The van der Waals surface area contributed by atoms with E-state index in [4.69, 9.17) is 0 Å². The average Bonchev–Trinajstić information content (AvgIpc) is 2.29. The van der Waals surface area contributed by atoms with Crippen molar-refractivity contribution in [1.29, 1.82) is 0 Å². The van der Waals surface area contributed by atoms with Gasteiger partial charge < -0.3 is 4.84 Å². The lowest BCUT2D eigenvalue weighted by Gasteiger charge is -2.08. The number of nitrogens with zero attached hydrogens (tertiary/aromatic N) is 2. The van der Waals surface area contributed by atoms with Crippen molar-refractivity contribution in [3.05, 3.63) is 0 Å². The van der Waals surface area contributed by atoms with E-state index in [0.717, 1.165) is 11.5 Å². The second-order valence-electron chi connectivity index (χ2n) is 2.05. The molecule has 0 spiro atoms. The predicted octanol–water partition coefficient (Wildman–Crippen LogP) is -0.275. The summed E-state index contributed by atoms with van der Waals surface area (Å²) in [5, 5.41) is 0.729. The predicted molar refractivity (Wildman–Crippen MR) is 36.6 cm³/mol. The molecule has 1 saturated heterocycles. The van der Waals surface area contributed by atoms with E-state index in [9.17, 15) is 9.59 Å². The molecule has 5 nitrogen and oxygen atoms in total. The summed E-state index contributed by atoms with van der Waals surface area (Å²) in [6.45, 7) is 0. The zero-order valence-electron chi connectivity index (χ0n) is 6.11.